The van der Waals surface area contributed by atoms with Crippen molar-refractivity contribution in [2.24, 2.45) is 0 Å². The van der Waals surface area contributed by atoms with Gasteiger partial charge in [-0.2, -0.15) is 0 Å². The molecule has 2 N–H and O–H groups in total. The summed E-state index contributed by atoms with van der Waals surface area (Å²) in [5.41, 5.74) is -1.52. The molecule has 108 valence electrons. The van der Waals surface area contributed by atoms with Crippen LogP contribution in [0.25, 0.3) is 0 Å². The Morgan fingerprint density at radius 2 is 2.05 bits per heavy atom. The van der Waals surface area contributed by atoms with Gasteiger partial charge in [0.2, 0.25) is 0 Å². The normalized spacial score (nSPS) is 16.9. The first-order valence-corrected chi connectivity index (χ1v) is 6.28. The molecule has 0 atom stereocenters. The molecular formula is C13H15NO6. The van der Waals surface area contributed by atoms with E-state index in [9.17, 15) is 20.0 Å². The van der Waals surface area contributed by atoms with Crippen LogP contribution in [-0.2, 0) is 0 Å². The van der Waals surface area contributed by atoms with Crippen molar-refractivity contribution in [1.82, 2.24) is 0 Å². The van der Waals surface area contributed by atoms with Gasteiger partial charge in [0.05, 0.1) is 10.5 Å². The van der Waals surface area contributed by atoms with Crippen LogP contribution in [0.4, 0.5) is 5.69 Å². The van der Waals surface area contributed by atoms with Gasteiger partial charge in [-0.15, -0.1) is 0 Å². The number of carbonyl (C=O) groups is 1. The summed E-state index contributed by atoms with van der Waals surface area (Å²) in [6, 6.07) is 3.39. The van der Waals surface area contributed by atoms with Crippen LogP contribution < -0.4 is 4.74 Å². The minimum atomic E-state index is -1.30. The van der Waals surface area contributed by atoms with Crippen LogP contribution in [0.15, 0.2) is 18.2 Å². The molecule has 1 saturated carbocycles. The molecule has 1 aromatic rings. The Balaban J connectivity index is 2.18. The highest BCUT2D eigenvalue weighted by molar-refractivity contribution is 5.91. The lowest BCUT2D eigenvalue weighted by Gasteiger charge is -2.22. The van der Waals surface area contributed by atoms with E-state index in [-0.39, 0.29) is 23.6 Å². The van der Waals surface area contributed by atoms with E-state index in [1.54, 1.807) is 0 Å². The fraction of sp³-hybridized carbons (Fsp3) is 0.462. The van der Waals surface area contributed by atoms with Crippen LogP contribution in [0, 0.1) is 10.1 Å². The zero-order valence-corrected chi connectivity index (χ0v) is 10.7. The molecule has 0 aromatic heterocycles. The molecule has 0 amide bonds. The fourth-order valence-corrected chi connectivity index (χ4v) is 2.31. The van der Waals surface area contributed by atoms with Gasteiger partial charge in [-0.3, -0.25) is 10.1 Å². The molecule has 0 heterocycles. The number of aromatic carboxylic acids is 1. The zero-order chi connectivity index (χ0) is 14.8. The maximum Gasteiger partial charge on any atom is 0.339 e. The zero-order valence-electron chi connectivity index (χ0n) is 10.7. The molecule has 20 heavy (non-hydrogen) atoms. The largest absolute Gasteiger partial charge is 0.490 e. The molecule has 0 bridgehead atoms. The predicted molar refractivity (Wildman–Crippen MR) is 69.0 cm³/mol. The van der Waals surface area contributed by atoms with E-state index in [1.807, 2.05) is 0 Å². The highest BCUT2D eigenvalue weighted by Crippen LogP contribution is 2.31. The Bertz CT molecular complexity index is 536. The third-order valence-corrected chi connectivity index (χ3v) is 3.43. The van der Waals surface area contributed by atoms with Crippen molar-refractivity contribution in [1.29, 1.82) is 0 Å². The second-order valence-corrected chi connectivity index (χ2v) is 4.96. The van der Waals surface area contributed by atoms with Crippen molar-refractivity contribution in [2.75, 3.05) is 6.61 Å². The van der Waals surface area contributed by atoms with E-state index >= 15 is 0 Å². The lowest BCUT2D eigenvalue weighted by atomic mass is 10.0. The molecule has 1 aliphatic rings. The fourth-order valence-electron chi connectivity index (χ4n) is 2.31. The van der Waals surface area contributed by atoms with Gasteiger partial charge in [-0.05, 0) is 18.9 Å². The van der Waals surface area contributed by atoms with Gasteiger partial charge in [0, 0.05) is 12.1 Å². The number of nitro groups is 1. The van der Waals surface area contributed by atoms with Crippen molar-refractivity contribution in [2.45, 2.75) is 31.3 Å². The molecule has 0 saturated heterocycles. The standard InChI is InChI=1S/C13H15NO6/c15-12(16)10-7-9(14(18)19)3-4-11(10)20-8-13(17)5-1-2-6-13/h3-4,7,17H,1-2,5-6,8H2,(H,15,16). The summed E-state index contributed by atoms with van der Waals surface area (Å²) in [5, 5.41) is 29.8. The van der Waals surface area contributed by atoms with E-state index < -0.39 is 16.5 Å². The topological polar surface area (TPSA) is 110 Å². The molecule has 2 rings (SSSR count). The van der Waals surface area contributed by atoms with Crippen molar-refractivity contribution >= 4 is 11.7 Å². The van der Waals surface area contributed by atoms with Crippen molar-refractivity contribution < 1.29 is 24.7 Å². The Morgan fingerprint density at radius 3 is 2.60 bits per heavy atom. The Labute approximate surface area is 114 Å². The second kappa shape index (κ2) is 5.46. The number of ether oxygens (including phenoxy) is 1. The van der Waals surface area contributed by atoms with Gasteiger partial charge in [0.25, 0.3) is 5.69 Å². The minimum Gasteiger partial charge on any atom is -0.490 e. The molecular weight excluding hydrogens is 266 g/mol. The maximum absolute atomic E-state index is 11.1. The molecule has 1 aromatic carbocycles. The molecule has 0 spiro atoms. The monoisotopic (exact) mass is 281 g/mol. The summed E-state index contributed by atoms with van der Waals surface area (Å²) < 4.78 is 5.37. The number of carboxylic acid groups (broad SMARTS) is 1. The number of carboxylic acids is 1. The highest BCUT2D eigenvalue weighted by atomic mass is 16.6. The number of non-ortho nitro benzene ring substituents is 1. The predicted octanol–water partition coefficient (Wildman–Crippen LogP) is 1.98. The van der Waals surface area contributed by atoms with Crippen molar-refractivity contribution in [3.05, 3.63) is 33.9 Å². The quantitative estimate of drug-likeness (QED) is 0.630. The third kappa shape index (κ3) is 3.05. The van der Waals surface area contributed by atoms with Crippen LogP contribution in [-0.4, -0.2) is 33.3 Å². The second-order valence-electron chi connectivity index (χ2n) is 4.96. The van der Waals surface area contributed by atoms with E-state index in [1.165, 1.54) is 12.1 Å². The van der Waals surface area contributed by atoms with Gasteiger partial charge in [-0.25, -0.2) is 4.79 Å². The Morgan fingerprint density at radius 1 is 1.40 bits per heavy atom. The molecule has 1 aliphatic carbocycles. The Hall–Kier alpha value is -2.15. The number of nitro benzene ring substituents is 1. The van der Waals surface area contributed by atoms with Gasteiger partial charge in [-0.1, -0.05) is 12.8 Å². The molecule has 0 aliphatic heterocycles. The van der Waals surface area contributed by atoms with Gasteiger partial charge >= 0.3 is 5.97 Å². The summed E-state index contributed by atoms with van der Waals surface area (Å²) in [4.78, 5) is 21.1. The highest BCUT2D eigenvalue weighted by Gasteiger charge is 2.32. The minimum absolute atomic E-state index is 0.00884. The molecule has 7 heteroatoms. The van der Waals surface area contributed by atoms with Crippen LogP contribution in [0.3, 0.4) is 0 Å². The molecule has 1 fully saturated rings. The van der Waals surface area contributed by atoms with E-state index in [0.29, 0.717) is 12.8 Å². The van der Waals surface area contributed by atoms with Crippen molar-refractivity contribution in [3.8, 4) is 5.75 Å². The third-order valence-electron chi connectivity index (χ3n) is 3.43. The number of nitrogens with zero attached hydrogens (tertiary/aromatic N) is 1. The summed E-state index contributed by atoms with van der Waals surface area (Å²) in [6.07, 6.45) is 3.04. The van der Waals surface area contributed by atoms with Gasteiger partial charge in [0.15, 0.2) is 0 Å². The van der Waals surface area contributed by atoms with E-state index in [4.69, 9.17) is 9.84 Å². The van der Waals surface area contributed by atoms with Crippen molar-refractivity contribution in [3.63, 3.8) is 0 Å². The van der Waals surface area contributed by atoms with Gasteiger partial charge in [0.1, 0.15) is 17.9 Å². The Kier molecular flexibility index (Phi) is 3.89. The summed E-state index contributed by atoms with van der Waals surface area (Å²) >= 11 is 0. The maximum atomic E-state index is 11.1. The van der Waals surface area contributed by atoms with E-state index in [0.717, 1.165) is 18.9 Å². The van der Waals surface area contributed by atoms with Crippen LogP contribution in [0.1, 0.15) is 36.0 Å². The summed E-state index contributed by atoms with van der Waals surface area (Å²) in [6.45, 7) is -0.00884. The number of aliphatic hydroxyl groups is 1. The number of benzene rings is 1. The SMILES string of the molecule is O=C(O)c1cc([N+](=O)[O-])ccc1OCC1(O)CCCC1. The smallest absolute Gasteiger partial charge is 0.339 e. The van der Waals surface area contributed by atoms with Crippen LogP contribution in [0.5, 0.6) is 5.75 Å². The molecule has 7 nitrogen and oxygen atoms in total. The number of hydrogen-bond acceptors (Lipinski definition) is 5. The lowest BCUT2D eigenvalue weighted by molar-refractivity contribution is -0.384. The molecule has 0 radical (unpaired) electrons. The lowest BCUT2D eigenvalue weighted by Crippen LogP contribution is -2.32. The average Bonchev–Trinajstić information content (AvgIpc) is 2.83. The number of rotatable bonds is 5. The average molecular weight is 281 g/mol. The number of hydrogen-bond donors (Lipinski definition) is 2. The molecule has 0 unspecified atom stereocenters. The first kappa shape index (κ1) is 14.3. The first-order chi connectivity index (χ1) is 9.41. The van der Waals surface area contributed by atoms with Crippen LogP contribution >= 0.6 is 0 Å². The first-order valence-electron chi connectivity index (χ1n) is 6.28. The summed E-state index contributed by atoms with van der Waals surface area (Å²) in [7, 11) is 0. The van der Waals surface area contributed by atoms with Crippen LogP contribution in [0.2, 0.25) is 0 Å². The summed E-state index contributed by atoms with van der Waals surface area (Å²) in [5.74, 6) is -1.27. The van der Waals surface area contributed by atoms with E-state index in [2.05, 4.69) is 0 Å². The van der Waals surface area contributed by atoms with Gasteiger partial charge < -0.3 is 14.9 Å².